The Labute approximate surface area is 417 Å². The van der Waals surface area contributed by atoms with Crippen LogP contribution in [0.3, 0.4) is 0 Å². The zero-order valence-corrected chi connectivity index (χ0v) is 42.7. The number of carbonyl (C=O) groups is 1. The van der Waals surface area contributed by atoms with Crippen molar-refractivity contribution in [2.45, 2.75) is 13.8 Å². The van der Waals surface area contributed by atoms with Gasteiger partial charge in [0.1, 0.15) is 6.61 Å². The first-order valence-corrected chi connectivity index (χ1v) is 24.7. The average molecular weight is 1030 g/mol. The molecule has 0 aromatic heterocycles. The highest BCUT2D eigenvalue weighted by atomic mass is 16.6. The summed E-state index contributed by atoms with van der Waals surface area (Å²) in [5.41, 5.74) is 0.577. The van der Waals surface area contributed by atoms with Crippen molar-refractivity contribution in [3.05, 3.63) is 11.6 Å². The predicted molar refractivity (Wildman–Crippen MR) is 254 cm³/mol. The summed E-state index contributed by atoms with van der Waals surface area (Å²) in [5.74, 6) is -0.328. The Kier molecular flexibility index (Phi) is 62.0. The molecule has 0 amide bonds. The van der Waals surface area contributed by atoms with Crippen molar-refractivity contribution in [1.29, 1.82) is 0 Å². The summed E-state index contributed by atoms with van der Waals surface area (Å²) < 4.78 is 114. The van der Waals surface area contributed by atoms with E-state index in [1.807, 2.05) is 0 Å². The first-order valence-electron chi connectivity index (χ1n) is 24.7. The molecule has 0 spiro atoms. The minimum atomic E-state index is -0.328. The molecule has 0 atom stereocenters. The van der Waals surface area contributed by atoms with Gasteiger partial charge in [-0.25, -0.2) is 4.79 Å². The Morgan fingerprint density at radius 3 is 0.514 bits per heavy atom. The molecule has 0 heterocycles. The predicted octanol–water partition coefficient (Wildman–Crippen LogP) is 0.820. The number of allylic oxidation sites excluding steroid dienone is 1. The van der Waals surface area contributed by atoms with E-state index in [2.05, 4.69) is 0 Å². The molecule has 70 heavy (non-hydrogen) atoms. The van der Waals surface area contributed by atoms with Gasteiger partial charge in [0.05, 0.1) is 271 Å². The number of esters is 1. The lowest BCUT2D eigenvalue weighted by molar-refractivity contribution is -0.140. The highest BCUT2D eigenvalue weighted by molar-refractivity contribution is 5.87. The lowest BCUT2D eigenvalue weighted by Gasteiger charge is -2.09. The van der Waals surface area contributed by atoms with E-state index < -0.39 is 0 Å². The molecule has 0 saturated heterocycles. The maximum atomic E-state index is 11.5. The summed E-state index contributed by atoms with van der Waals surface area (Å²) >= 11 is 0. The average Bonchev–Trinajstić information content (AvgIpc) is 3.37. The zero-order chi connectivity index (χ0) is 50.4. The number of ether oxygens (including phenoxy) is 21. The molecule has 0 aromatic rings. The number of aliphatic hydroxyl groups is 1. The van der Waals surface area contributed by atoms with Crippen molar-refractivity contribution in [3.63, 3.8) is 0 Å². The Morgan fingerprint density at radius 1 is 0.257 bits per heavy atom. The molecule has 1 N–H and O–H groups in total. The van der Waals surface area contributed by atoms with Crippen molar-refractivity contribution >= 4 is 5.97 Å². The molecule has 0 unspecified atom stereocenters. The molecule has 0 aliphatic carbocycles. The molecule has 23 heteroatoms. The number of hydrogen-bond donors (Lipinski definition) is 1. The standard InChI is InChI=1S/C47H92O23/c1-3-46(2)47(49)70-45-44-69-43-42-68-41-40-67-39-38-66-37-36-65-35-34-64-33-32-63-31-30-62-29-28-61-27-26-60-25-24-59-23-22-58-21-20-57-19-18-56-17-16-55-15-14-54-13-12-53-11-10-52-9-8-51-7-6-50-5-4-48/h3,48H,4-45H2,1-2H3. The maximum absolute atomic E-state index is 11.5. The maximum Gasteiger partial charge on any atom is 0.333 e. The minimum absolute atomic E-state index is 0.0181. The van der Waals surface area contributed by atoms with Gasteiger partial charge in [-0.05, 0) is 13.8 Å². The van der Waals surface area contributed by atoms with Crippen LogP contribution in [-0.2, 0) is 104 Å². The van der Waals surface area contributed by atoms with E-state index in [4.69, 9.17) is 105 Å². The van der Waals surface area contributed by atoms with Gasteiger partial charge in [0.25, 0.3) is 0 Å². The van der Waals surface area contributed by atoms with Crippen LogP contribution >= 0.6 is 0 Å². The van der Waals surface area contributed by atoms with Crippen LogP contribution in [0, 0.1) is 0 Å². The third kappa shape index (κ3) is 60.7. The van der Waals surface area contributed by atoms with E-state index in [0.717, 1.165) is 0 Å². The van der Waals surface area contributed by atoms with Gasteiger partial charge in [-0.2, -0.15) is 0 Å². The van der Waals surface area contributed by atoms with Gasteiger partial charge in [0, 0.05) is 5.57 Å². The summed E-state index contributed by atoms with van der Waals surface area (Å²) in [6.07, 6.45) is 1.71. The molecule has 0 bridgehead atoms. The van der Waals surface area contributed by atoms with Crippen LogP contribution in [0.15, 0.2) is 11.6 Å². The summed E-state index contributed by atoms with van der Waals surface area (Å²) in [6, 6.07) is 0. The van der Waals surface area contributed by atoms with Crippen molar-refractivity contribution in [3.8, 4) is 0 Å². The topological polar surface area (TPSA) is 231 Å². The first-order chi connectivity index (χ1) is 34.7. The summed E-state index contributed by atoms with van der Waals surface area (Å²) in [4.78, 5) is 11.5. The molecule has 0 aliphatic rings. The van der Waals surface area contributed by atoms with Crippen molar-refractivity contribution in [2.75, 3.05) is 277 Å². The Bertz CT molecular complexity index is 1020. The second-order valence-corrected chi connectivity index (χ2v) is 14.1. The molecule has 0 rings (SSSR count). The van der Waals surface area contributed by atoms with E-state index in [1.54, 1.807) is 19.9 Å². The largest absolute Gasteiger partial charge is 0.460 e. The van der Waals surface area contributed by atoms with Gasteiger partial charge in [-0.15, -0.1) is 0 Å². The summed E-state index contributed by atoms with van der Waals surface area (Å²) in [5, 5.41) is 8.60. The minimum Gasteiger partial charge on any atom is -0.460 e. The van der Waals surface area contributed by atoms with Crippen molar-refractivity contribution in [2.24, 2.45) is 0 Å². The molecule has 0 saturated carbocycles. The normalized spacial score (nSPS) is 11.9. The van der Waals surface area contributed by atoms with Gasteiger partial charge >= 0.3 is 5.97 Å². The van der Waals surface area contributed by atoms with E-state index in [0.29, 0.717) is 270 Å². The third-order valence-electron chi connectivity index (χ3n) is 8.52. The van der Waals surface area contributed by atoms with Crippen LogP contribution in [0.25, 0.3) is 0 Å². The van der Waals surface area contributed by atoms with Crippen LogP contribution in [-0.4, -0.2) is 289 Å². The van der Waals surface area contributed by atoms with Gasteiger partial charge in [-0.3, -0.25) is 0 Å². The second kappa shape index (κ2) is 63.5. The number of hydrogen-bond acceptors (Lipinski definition) is 23. The van der Waals surface area contributed by atoms with Gasteiger partial charge in [0.15, 0.2) is 0 Å². The van der Waals surface area contributed by atoms with Crippen LogP contribution in [0.4, 0.5) is 0 Å². The van der Waals surface area contributed by atoms with Crippen LogP contribution in [0.1, 0.15) is 13.8 Å². The molecule has 0 aliphatic heterocycles. The van der Waals surface area contributed by atoms with E-state index in [-0.39, 0.29) is 19.2 Å². The van der Waals surface area contributed by atoms with Crippen molar-refractivity contribution in [1.82, 2.24) is 0 Å². The van der Waals surface area contributed by atoms with Crippen LogP contribution < -0.4 is 0 Å². The molecule has 0 fully saturated rings. The first kappa shape index (κ1) is 68.4. The molecule has 418 valence electrons. The Hall–Kier alpha value is -1.63. The molecule has 0 aromatic carbocycles. The highest BCUT2D eigenvalue weighted by Crippen LogP contribution is 1.96. The van der Waals surface area contributed by atoms with Gasteiger partial charge < -0.3 is 105 Å². The van der Waals surface area contributed by atoms with Crippen LogP contribution in [0.2, 0.25) is 0 Å². The Balaban J connectivity index is 3.09. The van der Waals surface area contributed by atoms with E-state index in [1.165, 1.54) is 0 Å². The number of carbonyl (C=O) groups excluding carboxylic acids is 1. The molecular weight excluding hydrogens is 932 g/mol. The number of aliphatic hydroxyl groups excluding tert-OH is 1. The SMILES string of the molecule is CC=C(C)C(=O)OCCOCCOCCOCCOCCOCCOCCOCCOCCOCCOCCOCCOCCOCCOCCOCCOCCOCCOCCOCCOCCO. The zero-order valence-electron chi connectivity index (χ0n) is 42.7. The highest BCUT2D eigenvalue weighted by Gasteiger charge is 2.04. The lowest BCUT2D eigenvalue weighted by atomic mass is 10.3. The second-order valence-electron chi connectivity index (χ2n) is 14.1. The quantitative estimate of drug-likeness (QED) is 0.0505. The molecular formula is C47H92O23. The lowest BCUT2D eigenvalue weighted by Crippen LogP contribution is -2.16. The smallest absolute Gasteiger partial charge is 0.333 e. The summed E-state index contributed by atoms with van der Waals surface area (Å²) in [7, 11) is 0. The fraction of sp³-hybridized carbons (Fsp3) is 0.936. The van der Waals surface area contributed by atoms with Crippen LogP contribution in [0.5, 0.6) is 0 Å². The monoisotopic (exact) mass is 1020 g/mol. The van der Waals surface area contributed by atoms with E-state index in [9.17, 15) is 4.79 Å². The fourth-order valence-corrected chi connectivity index (χ4v) is 4.77. The molecule has 23 nitrogen and oxygen atoms in total. The molecule has 0 radical (unpaired) electrons. The van der Waals surface area contributed by atoms with Crippen molar-refractivity contribution < 1.29 is 109 Å². The van der Waals surface area contributed by atoms with Gasteiger partial charge in [-0.1, -0.05) is 6.08 Å². The third-order valence-corrected chi connectivity index (χ3v) is 8.52. The number of rotatable bonds is 63. The Morgan fingerprint density at radius 2 is 0.386 bits per heavy atom. The van der Waals surface area contributed by atoms with Gasteiger partial charge in [0.2, 0.25) is 0 Å². The van der Waals surface area contributed by atoms with E-state index >= 15 is 0 Å². The fourth-order valence-electron chi connectivity index (χ4n) is 4.77. The summed E-state index contributed by atoms with van der Waals surface area (Å²) in [6.45, 7) is 22.7.